The third kappa shape index (κ3) is 4.88. The summed E-state index contributed by atoms with van der Waals surface area (Å²) in [5.74, 6) is 1.32. The summed E-state index contributed by atoms with van der Waals surface area (Å²) >= 11 is 1.80. The van der Waals surface area contributed by atoms with Crippen molar-refractivity contribution in [3.8, 4) is 0 Å². The number of rotatable bonds is 6. The second-order valence-corrected chi connectivity index (χ2v) is 6.39. The van der Waals surface area contributed by atoms with Gasteiger partial charge in [-0.15, -0.1) is 11.3 Å². The van der Waals surface area contributed by atoms with Crippen molar-refractivity contribution in [2.24, 2.45) is 4.99 Å². The molecular formula is C18H25N3S. The van der Waals surface area contributed by atoms with Gasteiger partial charge in [-0.3, -0.25) is 4.99 Å². The van der Waals surface area contributed by atoms with Crippen LogP contribution in [0.15, 0.2) is 52.8 Å². The first-order valence-electron chi connectivity index (χ1n) is 7.84. The fourth-order valence-corrected chi connectivity index (χ4v) is 3.02. The predicted octanol–water partition coefficient (Wildman–Crippen LogP) is 4.17. The molecule has 3 nitrogen and oxygen atoms in total. The number of guanidine groups is 1. The van der Waals surface area contributed by atoms with Crippen LogP contribution in [0.4, 0.5) is 0 Å². The standard InChI is InChI=1S/C18H25N3S/c1-4-19-18(20-13-14(2)17-11-8-12-22-17)21-15(3)16-9-6-5-7-10-16/h5-12,14-15H,4,13H2,1-3H3,(H2,19,20,21). The number of thiophene rings is 1. The third-order valence-electron chi connectivity index (χ3n) is 3.55. The van der Waals surface area contributed by atoms with Gasteiger partial charge in [0.25, 0.3) is 0 Å². The van der Waals surface area contributed by atoms with E-state index in [0.717, 1.165) is 19.0 Å². The Morgan fingerprint density at radius 1 is 1.14 bits per heavy atom. The first kappa shape index (κ1) is 16.6. The van der Waals surface area contributed by atoms with E-state index >= 15 is 0 Å². The topological polar surface area (TPSA) is 36.4 Å². The molecule has 118 valence electrons. The highest BCUT2D eigenvalue weighted by Gasteiger charge is 2.09. The van der Waals surface area contributed by atoms with Crippen molar-refractivity contribution in [1.82, 2.24) is 10.6 Å². The monoisotopic (exact) mass is 315 g/mol. The van der Waals surface area contributed by atoms with Gasteiger partial charge in [-0.05, 0) is 30.9 Å². The van der Waals surface area contributed by atoms with Gasteiger partial charge < -0.3 is 10.6 Å². The van der Waals surface area contributed by atoms with E-state index in [0.29, 0.717) is 5.92 Å². The molecule has 0 aliphatic heterocycles. The zero-order chi connectivity index (χ0) is 15.8. The molecule has 2 atom stereocenters. The number of benzene rings is 1. The van der Waals surface area contributed by atoms with Gasteiger partial charge in [-0.1, -0.05) is 43.3 Å². The average Bonchev–Trinajstić information content (AvgIpc) is 3.08. The van der Waals surface area contributed by atoms with Crippen LogP contribution in [0.2, 0.25) is 0 Å². The Kier molecular flexibility index (Phi) is 6.46. The molecule has 0 saturated carbocycles. The Labute approximate surface area is 137 Å². The smallest absolute Gasteiger partial charge is 0.191 e. The third-order valence-corrected chi connectivity index (χ3v) is 4.65. The first-order valence-corrected chi connectivity index (χ1v) is 8.71. The molecule has 4 heteroatoms. The second kappa shape index (κ2) is 8.59. The molecule has 2 unspecified atom stereocenters. The van der Waals surface area contributed by atoms with Gasteiger partial charge >= 0.3 is 0 Å². The van der Waals surface area contributed by atoms with Gasteiger partial charge in [0.1, 0.15) is 0 Å². The lowest BCUT2D eigenvalue weighted by atomic mass is 10.1. The molecule has 0 bridgehead atoms. The van der Waals surface area contributed by atoms with E-state index in [1.807, 2.05) is 6.07 Å². The van der Waals surface area contributed by atoms with E-state index in [1.54, 1.807) is 11.3 Å². The van der Waals surface area contributed by atoms with E-state index in [9.17, 15) is 0 Å². The molecule has 0 saturated heterocycles. The first-order chi connectivity index (χ1) is 10.7. The molecular weight excluding hydrogens is 290 g/mol. The minimum absolute atomic E-state index is 0.232. The Hall–Kier alpha value is -1.81. The van der Waals surface area contributed by atoms with Crippen LogP contribution in [-0.4, -0.2) is 19.0 Å². The van der Waals surface area contributed by atoms with E-state index in [-0.39, 0.29) is 6.04 Å². The maximum absolute atomic E-state index is 4.74. The van der Waals surface area contributed by atoms with Crippen molar-refractivity contribution < 1.29 is 0 Å². The van der Waals surface area contributed by atoms with Gasteiger partial charge in [0.15, 0.2) is 5.96 Å². The SMILES string of the molecule is CCNC(=NCC(C)c1cccs1)NC(C)c1ccccc1. The molecule has 1 heterocycles. The summed E-state index contributed by atoms with van der Waals surface area (Å²) in [5.41, 5.74) is 1.26. The van der Waals surface area contributed by atoms with Crippen LogP contribution in [0.25, 0.3) is 0 Å². The normalized spacial score (nSPS) is 14.4. The van der Waals surface area contributed by atoms with Crippen LogP contribution in [-0.2, 0) is 0 Å². The molecule has 0 amide bonds. The summed E-state index contributed by atoms with van der Waals surface area (Å²) in [6.45, 7) is 8.12. The fourth-order valence-electron chi connectivity index (χ4n) is 2.24. The summed E-state index contributed by atoms with van der Waals surface area (Å²) in [6, 6.07) is 14.9. The number of aliphatic imine (C=N–C) groups is 1. The molecule has 2 rings (SSSR count). The molecule has 1 aromatic heterocycles. The summed E-state index contributed by atoms with van der Waals surface area (Å²) in [5, 5.41) is 8.92. The molecule has 1 aromatic carbocycles. The highest BCUT2D eigenvalue weighted by atomic mass is 32.1. The van der Waals surface area contributed by atoms with Crippen molar-refractivity contribution >= 4 is 17.3 Å². The summed E-state index contributed by atoms with van der Waals surface area (Å²) in [7, 11) is 0. The Bertz CT molecular complexity index is 563. The van der Waals surface area contributed by atoms with Gasteiger partial charge in [0.05, 0.1) is 12.6 Å². The largest absolute Gasteiger partial charge is 0.357 e. The van der Waals surface area contributed by atoms with Crippen LogP contribution in [0.3, 0.4) is 0 Å². The number of nitrogens with zero attached hydrogens (tertiary/aromatic N) is 1. The van der Waals surface area contributed by atoms with Crippen LogP contribution >= 0.6 is 11.3 Å². The fraction of sp³-hybridized carbons (Fsp3) is 0.389. The Morgan fingerprint density at radius 3 is 2.55 bits per heavy atom. The lowest BCUT2D eigenvalue weighted by molar-refractivity contribution is 0.679. The van der Waals surface area contributed by atoms with Crippen molar-refractivity contribution in [2.45, 2.75) is 32.7 Å². The van der Waals surface area contributed by atoms with Crippen molar-refractivity contribution in [3.63, 3.8) is 0 Å². The molecule has 2 aromatic rings. The minimum Gasteiger partial charge on any atom is -0.357 e. The van der Waals surface area contributed by atoms with Crippen LogP contribution in [0.1, 0.15) is 43.2 Å². The van der Waals surface area contributed by atoms with E-state index in [1.165, 1.54) is 10.4 Å². The molecule has 2 N–H and O–H groups in total. The van der Waals surface area contributed by atoms with Crippen molar-refractivity contribution in [1.29, 1.82) is 0 Å². The van der Waals surface area contributed by atoms with Crippen molar-refractivity contribution in [2.75, 3.05) is 13.1 Å². The Balaban J connectivity index is 1.98. The lowest BCUT2D eigenvalue weighted by Crippen LogP contribution is -2.39. The molecule has 0 radical (unpaired) electrons. The number of hydrogen-bond donors (Lipinski definition) is 2. The zero-order valence-electron chi connectivity index (χ0n) is 13.5. The lowest BCUT2D eigenvalue weighted by Gasteiger charge is -2.18. The summed E-state index contributed by atoms with van der Waals surface area (Å²) < 4.78 is 0. The highest BCUT2D eigenvalue weighted by Crippen LogP contribution is 2.20. The van der Waals surface area contributed by atoms with E-state index in [4.69, 9.17) is 4.99 Å². The van der Waals surface area contributed by atoms with Gasteiger partial charge in [-0.2, -0.15) is 0 Å². The van der Waals surface area contributed by atoms with Crippen LogP contribution in [0, 0.1) is 0 Å². The molecule has 0 aliphatic rings. The number of nitrogens with one attached hydrogen (secondary N) is 2. The number of hydrogen-bond acceptors (Lipinski definition) is 2. The average molecular weight is 315 g/mol. The summed E-state index contributed by atoms with van der Waals surface area (Å²) in [4.78, 5) is 6.12. The second-order valence-electron chi connectivity index (χ2n) is 5.41. The maximum Gasteiger partial charge on any atom is 0.191 e. The Morgan fingerprint density at radius 2 is 1.91 bits per heavy atom. The molecule has 0 fully saturated rings. The van der Waals surface area contributed by atoms with Crippen molar-refractivity contribution in [3.05, 3.63) is 58.3 Å². The van der Waals surface area contributed by atoms with Crippen LogP contribution < -0.4 is 10.6 Å². The highest BCUT2D eigenvalue weighted by molar-refractivity contribution is 7.10. The van der Waals surface area contributed by atoms with E-state index < -0.39 is 0 Å². The van der Waals surface area contributed by atoms with Gasteiger partial charge in [0.2, 0.25) is 0 Å². The quantitative estimate of drug-likeness (QED) is 0.620. The molecule has 0 spiro atoms. The van der Waals surface area contributed by atoms with Gasteiger partial charge in [-0.25, -0.2) is 0 Å². The minimum atomic E-state index is 0.232. The van der Waals surface area contributed by atoms with Crippen LogP contribution in [0.5, 0.6) is 0 Å². The zero-order valence-corrected chi connectivity index (χ0v) is 14.4. The predicted molar refractivity (Wildman–Crippen MR) is 96.7 cm³/mol. The molecule has 22 heavy (non-hydrogen) atoms. The maximum atomic E-state index is 4.74. The molecule has 0 aliphatic carbocycles. The summed E-state index contributed by atoms with van der Waals surface area (Å²) in [6.07, 6.45) is 0. The van der Waals surface area contributed by atoms with E-state index in [2.05, 4.69) is 73.2 Å². The van der Waals surface area contributed by atoms with Gasteiger partial charge in [0, 0.05) is 17.3 Å².